The van der Waals surface area contributed by atoms with E-state index in [2.05, 4.69) is 5.32 Å². The Bertz CT molecular complexity index is 1180. The third kappa shape index (κ3) is 5.95. The number of rotatable bonds is 9. The second-order valence-electron chi connectivity index (χ2n) is 7.84. The number of benzene rings is 2. The van der Waals surface area contributed by atoms with Crippen molar-refractivity contribution in [3.8, 4) is 0 Å². The van der Waals surface area contributed by atoms with E-state index >= 15 is 0 Å². The van der Waals surface area contributed by atoms with Gasteiger partial charge in [-0.05, 0) is 48.7 Å². The minimum Gasteiger partial charge on any atom is -0.383 e. The quantitative estimate of drug-likeness (QED) is 0.280. The van der Waals surface area contributed by atoms with Crippen LogP contribution < -0.4 is 10.9 Å². The largest absolute Gasteiger partial charge is 0.383 e. The molecular formula is C24H26ClN3O4S. The highest BCUT2D eigenvalue weighted by Gasteiger charge is 2.21. The van der Waals surface area contributed by atoms with Crippen LogP contribution in [0, 0.1) is 0 Å². The average Bonchev–Trinajstić information content (AvgIpc) is 3.34. The summed E-state index contributed by atoms with van der Waals surface area (Å²) < 4.78 is 12.5. The molecule has 7 nitrogen and oxygen atoms in total. The topological polar surface area (TPSA) is 82.5 Å². The SMILES string of the molecule is COCCNC(=O)c1ccc2c(=O)n(C[C@@H]3CCCO3)c(SCc3ccc(Cl)cc3)nc2c1. The molecule has 1 amide bonds. The lowest BCUT2D eigenvalue weighted by atomic mass is 10.1. The second kappa shape index (κ2) is 11.2. The van der Waals surface area contributed by atoms with Crippen molar-refractivity contribution >= 4 is 40.2 Å². The molecule has 4 rings (SSSR count). The molecule has 0 spiro atoms. The molecule has 2 aromatic carbocycles. The highest BCUT2D eigenvalue weighted by molar-refractivity contribution is 7.98. The van der Waals surface area contributed by atoms with Crippen LogP contribution in [0.1, 0.15) is 28.8 Å². The van der Waals surface area contributed by atoms with Gasteiger partial charge >= 0.3 is 0 Å². The zero-order valence-corrected chi connectivity index (χ0v) is 20.0. The first-order valence-corrected chi connectivity index (χ1v) is 12.2. The minimum absolute atomic E-state index is 0.00247. The number of nitrogens with one attached hydrogen (secondary N) is 1. The second-order valence-corrected chi connectivity index (χ2v) is 9.22. The maximum absolute atomic E-state index is 13.4. The molecule has 1 fully saturated rings. The Balaban J connectivity index is 1.66. The normalized spacial score (nSPS) is 15.8. The summed E-state index contributed by atoms with van der Waals surface area (Å²) in [5, 5.41) is 4.57. The van der Waals surface area contributed by atoms with Crippen LogP contribution >= 0.6 is 23.4 Å². The average molecular weight is 488 g/mol. The Hall–Kier alpha value is -2.39. The van der Waals surface area contributed by atoms with Crippen LogP contribution in [0.15, 0.2) is 52.4 Å². The van der Waals surface area contributed by atoms with Gasteiger partial charge in [0.05, 0.1) is 30.2 Å². The summed E-state index contributed by atoms with van der Waals surface area (Å²) in [6, 6.07) is 12.6. The van der Waals surface area contributed by atoms with Gasteiger partial charge in [-0.3, -0.25) is 14.2 Å². The number of nitrogens with zero attached hydrogens (tertiary/aromatic N) is 2. The van der Waals surface area contributed by atoms with Crippen LogP contribution in [0.4, 0.5) is 0 Å². The summed E-state index contributed by atoms with van der Waals surface area (Å²) in [5.74, 6) is 0.410. The number of thioether (sulfide) groups is 1. The number of hydrogen-bond acceptors (Lipinski definition) is 6. The van der Waals surface area contributed by atoms with Crippen LogP contribution in [-0.4, -0.2) is 48.4 Å². The van der Waals surface area contributed by atoms with Crippen molar-refractivity contribution in [3.63, 3.8) is 0 Å². The number of fused-ring (bicyclic) bond motifs is 1. The number of amides is 1. The molecule has 0 aliphatic carbocycles. The Morgan fingerprint density at radius 3 is 2.85 bits per heavy atom. The van der Waals surface area contributed by atoms with Crippen LogP contribution in [0.2, 0.25) is 5.02 Å². The molecule has 0 radical (unpaired) electrons. The van der Waals surface area contributed by atoms with Gasteiger partial charge in [0, 0.05) is 36.6 Å². The number of aromatic nitrogens is 2. The van der Waals surface area contributed by atoms with Crippen molar-refractivity contribution in [1.29, 1.82) is 0 Å². The Morgan fingerprint density at radius 1 is 1.30 bits per heavy atom. The molecule has 3 aromatic rings. The van der Waals surface area contributed by atoms with E-state index in [1.54, 1.807) is 29.9 Å². The first-order chi connectivity index (χ1) is 16.0. The smallest absolute Gasteiger partial charge is 0.262 e. The van der Waals surface area contributed by atoms with Gasteiger partial charge in [0.15, 0.2) is 5.16 Å². The molecule has 2 heterocycles. The van der Waals surface area contributed by atoms with Crippen LogP contribution in [-0.2, 0) is 21.8 Å². The number of methoxy groups -OCH3 is 1. The zero-order valence-electron chi connectivity index (χ0n) is 18.4. The van der Waals surface area contributed by atoms with E-state index in [1.165, 1.54) is 11.8 Å². The molecule has 9 heteroatoms. The third-order valence-corrected chi connectivity index (χ3v) is 6.77. The summed E-state index contributed by atoms with van der Waals surface area (Å²) in [7, 11) is 1.58. The van der Waals surface area contributed by atoms with E-state index < -0.39 is 0 Å². The van der Waals surface area contributed by atoms with Gasteiger partial charge in [-0.15, -0.1) is 0 Å². The molecule has 1 N–H and O–H groups in total. The van der Waals surface area contributed by atoms with E-state index in [9.17, 15) is 9.59 Å². The molecule has 0 saturated carbocycles. The summed E-state index contributed by atoms with van der Waals surface area (Å²) >= 11 is 7.48. The molecule has 1 aliphatic rings. The van der Waals surface area contributed by atoms with Crippen molar-refractivity contribution < 1.29 is 14.3 Å². The zero-order chi connectivity index (χ0) is 23.2. The number of carbonyl (C=O) groups is 1. The first kappa shape index (κ1) is 23.8. The van der Waals surface area contributed by atoms with E-state index in [-0.39, 0.29) is 17.6 Å². The molecule has 0 unspecified atom stereocenters. The van der Waals surface area contributed by atoms with Crippen molar-refractivity contribution in [2.75, 3.05) is 26.9 Å². The molecule has 1 saturated heterocycles. The van der Waals surface area contributed by atoms with Gasteiger partial charge < -0.3 is 14.8 Å². The lowest BCUT2D eigenvalue weighted by molar-refractivity contribution is 0.0935. The lowest BCUT2D eigenvalue weighted by Crippen LogP contribution is -2.29. The Morgan fingerprint density at radius 2 is 2.12 bits per heavy atom. The molecule has 33 heavy (non-hydrogen) atoms. The fourth-order valence-corrected chi connectivity index (χ4v) is 4.79. The predicted octanol–water partition coefficient (Wildman–Crippen LogP) is 3.90. The first-order valence-electron chi connectivity index (χ1n) is 10.9. The molecular weight excluding hydrogens is 462 g/mol. The van der Waals surface area contributed by atoms with Gasteiger partial charge in [-0.25, -0.2) is 4.98 Å². The molecule has 174 valence electrons. The van der Waals surface area contributed by atoms with Gasteiger partial charge in [0.1, 0.15) is 0 Å². The lowest BCUT2D eigenvalue weighted by Gasteiger charge is -2.17. The third-order valence-electron chi connectivity index (χ3n) is 5.47. The van der Waals surface area contributed by atoms with Crippen molar-refractivity contribution in [3.05, 3.63) is 69.0 Å². The van der Waals surface area contributed by atoms with Crippen LogP contribution in [0.3, 0.4) is 0 Å². The number of ether oxygens (including phenoxy) is 2. The van der Waals surface area contributed by atoms with E-state index in [1.807, 2.05) is 24.3 Å². The van der Waals surface area contributed by atoms with Crippen LogP contribution in [0.25, 0.3) is 10.9 Å². The fourth-order valence-electron chi connectivity index (χ4n) is 3.70. The van der Waals surface area contributed by atoms with Gasteiger partial charge in [0.25, 0.3) is 11.5 Å². The molecule has 1 aromatic heterocycles. The number of hydrogen-bond donors (Lipinski definition) is 1. The number of halogens is 1. The maximum Gasteiger partial charge on any atom is 0.262 e. The van der Waals surface area contributed by atoms with E-state index in [0.717, 1.165) is 25.0 Å². The highest BCUT2D eigenvalue weighted by Crippen LogP contribution is 2.25. The van der Waals surface area contributed by atoms with Crippen molar-refractivity contribution in [2.24, 2.45) is 0 Å². The van der Waals surface area contributed by atoms with Gasteiger partial charge in [-0.2, -0.15) is 0 Å². The summed E-state index contributed by atoms with van der Waals surface area (Å²) in [6.45, 7) is 2.02. The molecule has 1 aliphatic heterocycles. The monoisotopic (exact) mass is 487 g/mol. The van der Waals surface area contributed by atoms with Crippen LogP contribution in [0.5, 0.6) is 0 Å². The standard InChI is InChI=1S/C24H26ClN3O4S/c1-31-12-10-26-22(29)17-6-9-20-21(13-17)27-24(33-15-16-4-7-18(25)8-5-16)28(23(20)30)14-19-3-2-11-32-19/h4-9,13,19H,2-3,10-12,14-15H2,1H3,(H,26,29)/t19-/m0/s1. The highest BCUT2D eigenvalue weighted by atomic mass is 35.5. The molecule has 1 atom stereocenters. The van der Waals surface area contributed by atoms with Gasteiger partial charge in [-0.1, -0.05) is 35.5 Å². The molecule has 0 bridgehead atoms. The van der Waals surface area contributed by atoms with E-state index in [4.69, 9.17) is 26.1 Å². The summed E-state index contributed by atoms with van der Waals surface area (Å²) in [5.41, 5.74) is 1.91. The maximum atomic E-state index is 13.4. The fraction of sp³-hybridized carbons (Fsp3) is 0.375. The minimum atomic E-state index is -0.227. The summed E-state index contributed by atoms with van der Waals surface area (Å²) in [4.78, 5) is 30.7. The van der Waals surface area contributed by atoms with E-state index in [0.29, 0.717) is 52.1 Å². The Labute approximate surface area is 201 Å². The van der Waals surface area contributed by atoms with Crippen molar-refractivity contribution in [1.82, 2.24) is 14.9 Å². The summed E-state index contributed by atoms with van der Waals surface area (Å²) in [6.07, 6.45) is 1.92. The number of carbonyl (C=O) groups excluding carboxylic acids is 1. The van der Waals surface area contributed by atoms with Gasteiger partial charge in [0.2, 0.25) is 0 Å². The predicted molar refractivity (Wildman–Crippen MR) is 130 cm³/mol. The van der Waals surface area contributed by atoms with Crippen molar-refractivity contribution in [2.45, 2.75) is 36.4 Å². The Kier molecular flexibility index (Phi) is 8.03.